The monoisotopic (exact) mass is 662 g/mol. The van der Waals surface area contributed by atoms with Gasteiger partial charge in [0, 0.05) is 13.0 Å². The van der Waals surface area contributed by atoms with E-state index >= 15 is 0 Å². The van der Waals surface area contributed by atoms with Crippen molar-refractivity contribution >= 4 is 0 Å². The van der Waals surface area contributed by atoms with Gasteiger partial charge in [-0.1, -0.05) is 6.92 Å². The first-order valence-corrected chi connectivity index (χ1v) is 14.7. The average Bonchev–Trinajstić information content (AvgIpc) is 3.03. The smallest absolute Gasteiger partial charge is 0.187 e. The van der Waals surface area contributed by atoms with Gasteiger partial charge in [0.2, 0.25) is 0 Å². The van der Waals surface area contributed by atoms with Crippen LogP contribution in [0.2, 0.25) is 0 Å². The lowest BCUT2D eigenvalue weighted by Crippen LogP contribution is -2.68. The molecule has 0 bridgehead atoms. The lowest BCUT2D eigenvalue weighted by atomic mass is 9.91. The number of hydrogen-bond donors (Lipinski definition) is 11. The first-order chi connectivity index (χ1) is 21.3. The molecule has 20 atom stereocenters. The van der Waals surface area contributed by atoms with Crippen LogP contribution in [0, 0.1) is 5.92 Å². The number of methoxy groups -OCH3 is 1. The first kappa shape index (κ1) is 37.1. The van der Waals surface area contributed by atoms with E-state index in [0.717, 1.165) is 0 Å². The molecule has 4 fully saturated rings. The van der Waals surface area contributed by atoms with Gasteiger partial charge >= 0.3 is 0 Å². The molecule has 0 radical (unpaired) electrons. The van der Waals surface area contributed by atoms with Gasteiger partial charge in [-0.3, -0.25) is 0 Å². The second-order valence-electron chi connectivity index (χ2n) is 11.7. The number of aliphatic hydroxyl groups is 11. The summed E-state index contributed by atoms with van der Waals surface area (Å²) >= 11 is 0. The summed E-state index contributed by atoms with van der Waals surface area (Å²) in [5.74, 6) is -0.702. The van der Waals surface area contributed by atoms with Gasteiger partial charge in [-0.2, -0.15) is 0 Å². The third-order valence-electron chi connectivity index (χ3n) is 8.72. The topological polar surface area (TPSA) is 296 Å². The molecule has 0 amide bonds. The van der Waals surface area contributed by atoms with Crippen molar-refractivity contribution in [3.05, 3.63) is 0 Å². The Bertz CT molecular complexity index is 913. The van der Waals surface area contributed by atoms with Crippen LogP contribution in [-0.4, -0.2) is 200 Å². The van der Waals surface area contributed by atoms with E-state index in [1.165, 1.54) is 14.0 Å². The van der Waals surface area contributed by atoms with E-state index in [2.05, 4.69) is 0 Å². The summed E-state index contributed by atoms with van der Waals surface area (Å²) in [5, 5.41) is 114. The molecule has 0 saturated carbocycles. The van der Waals surface area contributed by atoms with Crippen molar-refractivity contribution in [2.45, 2.75) is 131 Å². The molecule has 19 heteroatoms. The Morgan fingerprint density at radius 3 is 1.49 bits per heavy atom. The lowest BCUT2D eigenvalue weighted by molar-refractivity contribution is -0.403. The minimum Gasteiger partial charge on any atom is -0.394 e. The Kier molecular flexibility index (Phi) is 12.9. The van der Waals surface area contributed by atoms with Crippen LogP contribution in [0.4, 0.5) is 0 Å². The predicted molar refractivity (Wildman–Crippen MR) is 140 cm³/mol. The van der Waals surface area contributed by atoms with E-state index in [4.69, 9.17) is 37.9 Å². The van der Waals surface area contributed by atoms with Crippen molar-refractivity contribution < 1.29 is 94.1 Å². The summed E-state index contributed by atoms with van der Waals surface area (Å²) < 4.78 is 45.6. The van der Waals surface area contributed by atoms with Gasteiger partial charge in [0.05, 0.1) is 32.0 Å². The van der Waals surface area contributed by atoms with Crippen LogP contribution >= 0.6 is 0 Å². The van der Waals surface area contributed by atoms with E-state index in [1.807, 2.05) is 0 Å². The highest BCUT2D eigenvalue weighted by atomic mass is 16.8. The maximum Gasteiger partial charge on any atom is 0.187 e. The van der Waals surface area contributed by atoms with Crippen LogP contribution < -0.4 is 0 Å². The molecule has 11 N–H and O–H groups in total. The van der Waals surface area contributed by atoms with Crippen molar-refractivity contribution in [3.63, 3.8) is 0 Å². The van der Waals surface area contributed by atoms with Gasteiger partial charge in [-0.15, -0.1) is 0 Å². The summed E-state index contributed by atoms with van der Waals surface area (Å²) in [4.78, 5) is 0. The maximum absolute atomic E-state index is 11.2. The van der Waals surface area contributed by atoms with Gasteiger partial charge in [0.15, 0.2) is 25.2 Å². The number of hydrogen-bond acceptors (Lipinski definition) is 19. The first-order valence-electron chi connectivity index (χ1n) is 14.7. The highest BCUT2D eigenvalue weighted by molar-refractivity contribution is 4.98. The minimum atomic E-state index is -1.93. The average molecular weight is 663 g/mol. The van der Waals surface area contributed by atoms with E-state index in [-0.39, 0.29) is 0 Å². The molecule has 0 aromatic heterocycles. The summed E-state index contributed by atoms with van der Waals surface area (Å²) in [6.07, 6.45) is -30.0. The van der Waals surface area contributed by atoms with Crippen molar-refractivity contribution in [2.24, 2.45) is 5.92 Å². The fourth-order valence-electron chi connectivity index (χ4n) is 5.86. The predicted octanol–water partition coefficient (Wildman–Crippen LogP) is -6.79. The van der Waals surface area contributed by atoms with E-state index < -0.39 is 142 Å². The number of ether oxygens (including phenoxy) is 8. The molecule has 0 aliphatic carbocycles. The van der Waals surface area contributed by atoms with Gasteiger partial charge < -0.3 is 94.1 Å². The Balaban J connectivity index is 1.69. The molecule has 0 aromatic carbocycles. The third kappa shape index (κ3) is 7.47. The molecule has 0 spiro atoms. The van der Waals surface area contributed by atoms with Crippen LogP contribution in [0.25, 0.3) is 0 Å². The quantitative estimate of drug-likeness (QED) is 0.104. The molecule has 19 nitrogen and oxygen atoms in total. The van der Waals surface area contributed by atoms with Gasteiger partial charge in [-0.05, 0) is 6.92 Å². The Labute approximate surface area is 257 Å². The van der Waals surface area contributed by atoms with E-state index in [0.29, 0.717) is 0 Å². The van der Waals surface area contributed by atoms with Gasteiger partial charge in [-0.25, -0.2) is 0 Å². The number of rotatable bonds is 10. The third-order valence-corrected chi connectivity index (χ3v) is 8.72. The Hall–Kier alpha value is -0.760. The number of aliphatic hydroxyl groups excluding tert-OH is 11. The second-order valence-corrected chi connectivity index (χ2v) is 11.7. The fraction of sp³-hybridized carbons (Fsp3) is 1.00. The molecule has 4 heterocycles. The molecule has 0 aromatic rings. The van der Waals surface area contributed by atoms with Crippen molar-refractivity contribution in [2.75, 3.05) is 26.9 Å². The fourth-order valence-corrected chi connectivity index (χ4v) is 5.86. The van der Waals surface area contributed by atoms with Crippen LogP contribution in [0.15, 0.2) is 0 Å². The summed E-state index contributed by atoms with van der Waals surface area (Å²) in [5.41, 5.74) is 0. The largest absolute Gasteiger partial charge is 0.394 e. The van der Waals surface area contributed by atoms with Crippen LogP contribution in [0.5, 0.6) is 0 Å². The second kappa shape index (κ2) is 15.6. The van der Waals surface area contributed by atoms with Crippen LogP contribution in [0.3, 0.4) is 0 Å². The molecule has 4 saturated heterocycles. The standard InChI is InChI=1S/C26H46O19/c1-7-12(30)20(11(6-29)42-23(7)38-3)43-26-22(45-24-18(36)16(34)13(31)8(2)39-24)21(15(33)10(5-28)41-26)44-25-19(37)17(35)14(32)9(4-27)40-25/h7-37H,4-6H2,1-3H3/t7?,8?,9?,10?,11?,12-,13-,14+,15+,16+,17+,18?,19?,20-,21+,22?,23?,24+,25-,26+/m1/s1. The van der Waals surface area contributed by atoms with Crippen LogP contribution in [0.1, 0.15) is 13.8 Å². The zero-order valence-corrected chi connectivity index (χ0v) is 24.9. The van der Waals surface area contributed by atoms with E-state index in [9.17, 15) is 56.2 Å². The Morgan fingerprint density at radius 1 is 0.444 bits per heavy atom. The summed E-state index contributed by atoms with van der Waals surface area (Å²) in [6, 6.07) is 0. The van der Waals surface area contributed by atoms with Crippen molar-refractivity contribution in [3.8, 4) is 0 Å². The highest BCUT2D eigenvalue weighted by Gasteiger charge is 2.56. The molecule has 264 valence electrons. The zero-order chi connectivity index (χ0) is 33.3. The molecule has 4 aliphatic heterocycles. The molecule has 45 heavy (non-hydrogen) atoms. The lowest BCUT2D eigenvalue weighted by Gasteiger charge is -2.50. The van der Waals surface area contributed by atoms with Crippen molar-refractivity contribution in [1.29, 1.82) is 0 Å². The van der Waals surface area contributed by atoms with Crippen LogP contribution in [-0.2, 0) is 37.9 Å². The molecule has 4 rings (SSSR count). The van der Waals surface area contributed by atoms with Gasteiger partial charge in [0.25, 0.3) is 0 Å². The molecule has 4 aliphatic rings. The summed E-state index contributed by atoms with van der Waals surface area (Å²) in [7, 11) is 1.34. The molecular formula is C26H46O19. The SMILES string of the molecule is COC1OC(CO)[C@@H](O[C@@H]2OC(CO)[C@H](O)[C@H](O[C@H]3OC(CO)[C@H](O)[C@H](O)C3O)C2O[C@@H]2OC(C)[C@@H](O)[C@H](O)C2O)[C@H](O)C1C. The Morgan fingerprint density at radius 2 is 0.911 bits per heavy atom. The molecular weight excluding hydrogens is 616 g/mol. The minimum absolute atomic E-state index is 0.657. The van der Waals surface area contributed by atoms with Gasteiger partial charge in [0.1, 0.15) is 79.4 Å². The van der Waals surface area contributed by atoms with E-state index in [1.54, 1.807) is 6.92 Å². The maximum atomic E-state index is 11.2. The summed E-state index contributed by atoms with van der Waals surface area (Å²) in [6.45, 7) is 0.686. The normalized spacial score (nSPS) is 52.9. The molecule has 9 unspecified atom stereocenters. The zero-order valence-electron chi connectivity index (χ0n) is 24.9. The highest BCUT2D eigenvalue weighted by Crippen LogP contribution is 2.36. The van der Waals surface area contributed by atoms with Crippen molar-refractivity contribution in [1.82, 2.24) is 0 Å².